The zero-order valence-corrected chi connectivity index (χ0v) is 17.5. The molecule has 0 heterocycles. The fraction of sp³-hybridized carbons (Fsp3) is 0.174. The van der Waals surface area contributed by atoms with Crippen molar-refractivity contribution in [2.45, 2.75) is 31.7 Å². The summed E-state index contributed by atoms with van der Waals surface area (Å²) in [6.07, 6.45) is 0. The minimum absolute atomic E-state index is 0.169. The highest BCUT2D eigenvalue weighted by Crippen LogP contribution is 2.22. The van der Waals surface area contributed by atoms with Crippen molar-refractivity contribution in [2.75, 3.05) is 4.72 Å². The number of aryl methyl sites for hydroxylation is 2. The van der Waals surface area contributed by atoms with Gasteiger partial charge < -0.3 is 5.32 Å². The third-order valence-electron chi connectivity index (χ3n) is 4.80. The standard InChI is InChI=1S/C23H24N2O3S/c1-16-9-7-8-12-21(16)18(3)24-23(26)19-14-13-17(2)22(15-19)25-29(27,28)20-10-5-4-6-11-20/h4-15,18,25H,1-3H3,(H,24,26)/t18-/m0/s1. The van der Waals surface area contributed by atoms with E-state index in [0.29, 0.717) is 11.3 Å². The van der Waals surface area contributed by atoms with Crippen LogP contribution in [-0.2, 0) is 10.0 Å². The smallest absolute Gasteiger partial charge is 0.261 e. The molecular formula is C23H24N2O3S. The van der Waals surface area contributed by atoms with Crippen LogP contribution >= 0.6 is 0 Å². The molecule has 0 aliphatic carbocycles. The van der Waals surface area contributed by atoms with Crippen molar-refractivity contribution in [1.82, 2.24) is 5.32 Å². The van der Waals surface area contributed by atoms with Crippen LogP contribution in [0, 0.1) is 13.8 Å². The van der Waals surface area contributed by atoms with E-state index < -0.39 is 10.0 Å². The molecule has 0 aliphatic heterocycles. The second kappa shape index (κ2) is 8.49. The number of carbonyl (C=O) groups is 1. The number of anilines is 1. The molecule has 0 saturated carbocycles. The van der Waals surface area contributed by atoms with Crippen LogP contribution in [0.25, 0.3) is 0 Å². The molecule has 0 saturated heterocycles. The van der Waals surface area contributed by atoms with Gasteiger partial charge in [-0.05, 0) is 61.7 Å². The molecule has 3 aromatic rings. The van der Waals surface area contributed by atoms with Gasteiger partial charge >= 0.3 is 0 Å². The van der Waals surface area contributed by atoms with Gasteiger partial charge in [0.15, 0.2) is 0 Å². The Labute approximate surface area is 171 Å². The fourth-order valence-electron chi connectivity index (χ4n) is 3.11. The molecule has 0 aliphatic rings. The van der Waals surface area contributed by atoms with Crippen molar-refractivity contribution in [3.63, 3.8) is 0 Å². The summed E-state index contributed by atoms with van der Waals surface area (Å²) >= 11 is 0. The van der Waals surface area contributed by atoms with E-state index in [1.165, 1.54) is 12.1 Å². The summed E-state index contributed by atoms with van der Waals surface area (Å²) in [6.45, 7) is 5.72. The first-order valence-corrected chi connectivity index (χ1v) is 10.8. The Balaban J connectivity index is 1.81. The quantitative estimate of drug-likeness (QED) is 0.626. The Hall–Kier alpha value is -3.12. The van der Waals surface area contributed by atoms with E-state index in [1.807, 2.05) is 38.1 Å². The van der Waals surface area contributed by atoms with Crippen molar-refractivity contribution in [1.29, 1.82) is 0 Å². The lowest BCUT2D eigenvalue weighted by Gasteiger charge is -2.17. The van der Waals surface area contributed by atoms with Crippen LogP contribution in [0.5, 0.6) is 0 Å². The summed E-state index contributed by atoms with van der Waals surface area (Å²) in [4.78, 5) is 12.9. The Morgan fingerprint density at radius 1 is 0.862 bits per heavy atom. The topological polar surface area (TPSA) is 75.3 Å². The number of nitrogens with one attached hydrogen (secondary N) is 2. The van der Waals surface area contributed by atoms with Gasteiger partial charge in [-0.15, -0.1) is 0 Å². The van der Waals surface area contributed by atoms with Gasteiger partial charge in [0, 0.05) is 5.56 Å². The maximum atomic E-state index is 12.8. The predicted octanol–water partition coefficient (Wildman–Crippen LogP) is 4.60. The molecule has 6 heteroatoms. The highest BCUT2D eigenvalue weighted by molar-refractivity contribution is 7.92. The zero-order chi connectivity index (χ0) is 21.0. The molecular weight excluding hydrogens is 384 g/mol. The Kier molecular flexibility index (Phi) is 6.03. The van der Waals surface area contributed by atoms with Crippen LogP contribution in [0.2, 0.25) is 0 Å². The number of carbonyl (C=O) groups excluding carboxylic acids is 1. The number of benzene rings is 3. The second-order valence-corrected chi connectivity index (χ2v) is 8.68. The summed E-state index contributed by atoms with van der Waals surface area (Å²) in [5.41, 5.74) is 3.64. The van der Waals surface area contributed by atoms with Crippen LogP contribution in [0.1, 0.15) is 40.0 Å². The number of hydrogen-bond donors (Lipinski definition) is 2. The minimum atomic E-state index is -3.73. The predicted molar refractivity (Wildman–Crippen MR) is 115 cm³/mol. The summed E-state index contributed by atoms with van der Waals surface area (Å²) in [5, 5.41) is 2.98. The van der Waals surface area contributed by atoms with Crippen molar-refractivity contribution in [3.8, 4) is 0 Å². The third-order valence-corrected chi connectivity index (χ3v) is 6.18. The molecule has 0 aromatic heterocycles. The van der Waals surface area contributed by atoms with Crippen LogP contribution < -0.4 is 10.0 Å². The summed E-state index contributed by atoms with van der Waals surface area (Å²) in [6, 6.07) is 20.8. The molecule has 0 radical (unpaired) electrons. The van der Waals surface area contributed by atoms with E-state index >= 15 is 0 Å². The lowest BCUT2D eigenvalue weighted by Crippen LogP contribution is -2.27. The van der Waals surface area contributed by atoms with Crippen LogP contribution in [0.3, 0.4) is 0 Å². The largest absolute Gasteiger partial charge is 0.346 e. The van der Waals surface area contributed by atoms with Gasteiger partial charge in [0.05, 0.1) is 16.6 Å². The van der Waals surface area contributed by atoms with E-state index in [-0.39, 0.29) is 16.8 Å². The van der Waals surface area contributed by atoms with Crippen LogP contribution in [-0.4, -0.2) is 14.3 Å². The van der Waals surface area contributed by atoms with Gasteiger partial charge in [0.1, 0.15) is 0 Å². The van der Waals surface area contributed by atoms with Gasteiger partial charge in [-0.25, -0.2) is 8.42 Å². The SMILES string of the molecule is Cc1ccc(C(=O)N[C@@H](C)c2ccccc2C)cc1NS(=O)(=O)c1ccccc1. The van der Waals surface area contributed by atoms with Gasteiger partial charge in [-0.1, -0.05) is 48.5 Å². The van der Waals surface area contributed by atoms with E-state index in [0.717, 1.165) is 16.7 Å². The maximum absolute atomic E-state index is 12.8. The van der Waals surface area contributed by atoms with Crippen molar-refractivity contribution < 1.29 is 13.2 Å². The van der Waals surface area contributed by atoms with E-state index in [4.69, 9.17) is 0 Å². The number of hydrogen-bond acceptors (Lipinski definition) is 3. The van der Waals surface area contributed by atoms with E-state index in [2.05, 4.69) is 10.0 Å². The van der Waals surface area contributed by atoms with Crippen LogP contribution in [0.4, 0.5) is 5.69 Å². The Morgan fingerprint density at radius 3 is 2.21 bits per heavy atom. The summed E-state index contributed by atoms with van der Waals surface area (Å²) in [5.74, 6) is -0.263. The molecule has 5 nitrogen and oxygen atoms in total. The Morgan fingerprint density at radius 2 is 1.52 bits per heavy atom. The Bertz CT molecular complexity index is 1130. The molecule has 2 N–H and O–H groups in total. The van der Waals surface area contributed by atoms with Gasteiger partial charge in [0.2, 0.25) is 0 Å². The molecule has 150 valence electrons. The average molecular weight is 409 g/mol. The fourth-order valence-corrected chi connectivity index (χ4v) is 4.25. The zero-order valence-electron chi connectivity index (χ0n) is 16.6. The lowest BCUT2D eigenvalue weighted by atomic mass is 10.0. The molecule has 3 rings (SSSR count). The molecule has 29 heavy (non-hydrogen) atoms. The second-order valence-electron chi connectivity index (χ2n) is 7.00. The van der Waals surface area contributed by atoms with Crippen molar-refractivity contribution >= 4 is 21.6 Å². The number of sulfonamides is 1. The molecule has 0 spiro atoms. The van der Waals surface area contributed by atoms with Crippen molar-refractivity contribution in [2.24, 2.45) is 0 Å². The van der Waals surface area contributed by atoms with E-state index in [9.17, 15) is 13.2 Å². The third kappa shape index (κ3) is 4.84. The van der Waals surface area contributed by atoms with Gasteiger partial charge in [0.25, 0.3) is 15.9 Å². The van der Waals surface area contributed by atoms with Gasteiger partial charge in [-0.3, -0.25) is 9.52 Å². The highest BCUT2D eigenvalue weighted by Gasteiger charge is 2.17. The van der Waals surface area contributed by atoms with E-state index in [1.54, 1.807) is 43.3 Å². The first-order chi connectivity index (χ1) is 13.8. The number of rotatable bonds is 6. The molecule has 0 fully saturated rings. The van der Waals surface area contributed by atoms with Crippen LogP contribution in [0.15, 0.2) is 77.7 Å². The molecule has 0 bridgehead atoms. The maximum Gasteiger partial charge on any atom is 0.261 e. The number of amides is 1. The minimum Gasteiger partial charge on any atom is -0.346 e. The average Bonchev–Trinajstić information content (AvgIpc) is 2.70. The lowest BCUT2D eigenvalue weighted by molar-refractivity contribution is 0.0940. The van der Waals surface area contributed by atoms with Crippen molar-refractivity contribution in [3.05, 3.63) is 95.1 Å². The molecule has 0 unspecified atom stereocenters. The highest BCUT2D eigenvalue weighted by atomic mass is 32.2. The first-order valence-electron chi connectivity index (χ1n) is 9.33. The first kappa shape index (κ1) is 20.6. The normalized spacial score (nSPS) is 12.2. The summed E-state index contributed by atoms with van der Waals surface area (Å²) in [7, 11) is -3.73. The molecule has 1 amide bonds. The van der Waals surface area contributed by atoms with Gasteiger partial charge in [-0.2, -0.15) is 0 Å². The molecule has 3 aromatic carbocycles. The molecule has 1 atom stereocenters. The monoisotopic (exact) mass is 408 g/mol. The summed E-state index contributed by atoms with van der Waals surface area (Å²) < 4.78 is 27.8.